The van der Waals surface area contributed by atoms with Crippen LogP contribution in [0.1, 0.15) is 174 Å². The first-order chi connectivity index (χ1) is 54.9. The molecular weight excluding hydrogens is 1510 g/mol. The molecule has 24 nitrogen and oxygen atoms in total. The number of amides is 5. The topological polar surface area (TPSA) is 359 Å². The van der Waals surface area contributed by atoms with Crippen LogP contribution < -0.4 is 26.6 Å². The number of nitrogens with zero attached hydrogens (tertiary/aromatic N) is 5. The summed E-state index contributed by atoms with van der Waals surface area (Å²) in [6.07, 6.45) is 10.8. The molecule has 0 radical (unpaired) electrons. The van der Waals surface area contributed by atoms with Gasteiger partial charge in [0, 0.05) is 84.8 Å². The van der Waals surface area contributed by atoms with Crippen LogP contribution in [0.5, 0.6) is 0 Å². The van der Waals surface area contributed by atoms with E-state index in [-0.39, 0.29) is 58.4 Å². The van der Waals surface area contributed by atoms with E-state index in [4.69, 9.17) is 63.3 Å². The number of nitriles is 2. The molecule has 18 rings (SSSR count). The zero-order valence-corrected chi connectivity index (χ0v) is 64.5. The Morgan fingerprint density at radius 1 is 0.465 bits per heavy atom. The number of aryl methyl sites for hydroxylation is 3. The van der Waals surface area contributed by atoms with Gasteiger partial charge in [0.15, 0.2) is 17.7 Å². The molecular formula is C86H75Cl3FN15O9. The number of halogens is 4. The van der Waals surface area contributed by atoms with Crippen molar-refractivity contribution in [2.75, 3.05) is 13.2 Å². The number of carbonyl (C=O) groups excluding carboxylic acids is 5. The Morgan fingerprint density at radius 3 is 1.28 bits per heavy atom. The van der Waals surface area contributed by atoms with Crippen LogP contribution in [0, 0.1) is 49.3 Å². The van der Waals surface area contributed by atoms with E-state index in [1.165, 1.54) is 11.6 Å². The molecule has 1 saturated heterocycles. The van der Waals surface area contributed by atoms with Gasteiger partial charge in [-0.15, -0.1) is 0 Å². The normalized spacial score (nSPS) is 14.5. The fraction of sp³-hybridized carbons (Fsp3) is 0.209. The first-order valence-corrected chi connectivity index (χ1v) is 37.7. The number of hydrogen-bond acceptors (Lipinski definition) is 14. The number of benzene rings is 7. The van der Waals surface area contributed by atoms with Crippen LogP contribution in [0.25, 0.3) is 54.5 Å². The smallest absolute Gasteiger partial charge is 0.268 e. The first kappa shape index (κ1) is 77.7. The van der Waals surface area contributed by atoms with Crippen LogP contribution in [-0.2, 0) is 21.4 Å². The standard InChI is InChI=1S/C20H19ClN2O.C18H14ClFN2O2.C17H14N4O2.C16H14N4O2.C15H14ClN3O2/c21-16-8-9-17-14(12-16)13-18(22-17)19(24)23-20(10-4-5-11-20)15-6-2-1-3-7-15;19-13-6-11-7-15(21-16(11)14(20)8-13)17(23)22-18(9-24-10-18)12-4-2-1-3-5-12;1-10-19-15(9-23-10)17(4-5-17)21-16(22)14-7-12-6-11(8-18)2-3-13(12)20-14;1-9(15-8-18-10(2)22-15)19-16(21)14-6-12-5-11(7-17)3-4-13(12)20-14;1-8(14-7-17-9(2)21-14)18-15(20)13-6-10-5-11(16)3-4-12(10)19-13/h1-3,6-9,12-13,22H,4-5,10-11H2,(H,23,24);1-8,21H,9-10H2,(H,22,23);2-3,6-7,9,20H,4-5H2,1H3,(H,21,22);3-6,8-9,20H,1-2H3,(H,19,21);3-8,19H,1-2H3,(H,18,20). The van der Waals surface area contributed by atoms with Crippen LogP contribution in [0.4, 0.5) is 4.39 Å². The number of oxazole rings is 3. The lowest BCUT2D eigenvalue weighted by Crippen LogP contribution is -2.59. The van der Waals surface area contributed by atoms with Gasteiger partial charge in [0.25, 0.3) is 29.5 Å². The molecule has 10 N–H and O–H groups in total. The Morgan fingerprint density at radius 2 is 0.868 bits per heavy atom. The number of ether oxygens (including phenoxy) is 1. The van der Waals surface area contributed by atoms with Gasteiger partial charge in [0.2, 0.25) is 0 Å². The number of nitrogens with one attached hydrogen (secondary N) is 10. The molecule has 2 aliphatic carbocycles. The molecule has 114 heavy (non-hydrogen) atoms. The summed E-state index contributed by atoms with van der Waals surface area (Å²) >= 11 is 17.8. The van der Waals surface area contributed by atoms with E-state index >= 15 is 0 Å². The van der Waals surface area contributed by atoms with E-state index in [1.54, 1.807) is 112 Å². The third-order valence-corrected chi connectivity index (χ3v) is 20.8. The van der Waals surface area contributed by atoms with E-state index in [0.29, 0.717) is 96.8 Å². The van der Waals surface area contributed by atoms with Gasteiger partial charge >= 0.3 is 0 Å². The molecule has 1 aliphatic heterocycles. The van der Waals surface area contributed by atoms with Crippen molar-refractivity contribution in [1.29, 1.82) is 10.5 Å². The molecule has 0 spiro atoms. The Kier molecular flexibility index (Phi) is 22.6. The van der Waals surface area contributed by atoms with Crippen LogP contribution in [-0.4, -0.2) is 82.6 Å². The molecule has 3 fully saturated rings. The number of H-pyrrole nitrogens is 5. The second-order valence-corrected chi connectivity index (χ2v) is 29.6. The summed E-state index contributed by atoms with van der Waals surface area (Å²) in [5.41, 5.74) is 8.81. The van der Waals surface area contributed by atoms with E-state index in [9.17, 15) is 28.4 Å². The van der Waals surface area contributed by atoms with Gasteiger partial charge in [-0.2, -0.15) is 10.5 Å². The predicted octanol–water partition coefficient (Wildman–Crippen LogP) is 17.8. The lowest BCUT2D eigenvalue weighted by Gasteiger charge is -2.42. The number of fused-ring (bicyclic) bond motifs is 5. The van der Waals surface area contributed by atoms with Gasteiger partial charge < -0.3 is 69.5 Å². The number of rotatable bonds is 15. The molecule has 576 valence electrons. The van der Waals surface area contributed by atoms with Gasteiger partial charge in [-0.05, 0) is 166 Å². The number of aromatic amines is 5. The molecule has 2 atom stereocenters. The quantitative estimate of drug-likeness (QED) is 0.0456. The van der Waals surface area contributed by atoms with Crippen molar-refractivity contribution in [2.45, 2.75) is 102 Å². The Labute approximate surface area is 666 Å². The Bertz CT molecular complexity index is 6180. The van der Waals surface area contributed by atoms with Crippen molar-refractivity contribution >= 4 is 119 Å². The maximum Gasteiger partial charge on any atom is 0.268 e. The highest BCUT2D eigenvalue weighted by atomic mass is 35.5. The highest BCUT2D eigenvalue weighted by molar-refractivity contribution is 6.32. The molecule has 2 unspecified atom stereocenters. The summed E-state index contributed by atoms with van der Waals surface area (Å²) in [7, 11) is 0. The van der Waals surface area contributed by atoms with E-state index in [2.05, 4.69) is 90.7 Å². The van der Waals surface area contributed by atoms with Crippen LogP contribution >= 0.6 is 34.8 Å². The van der Waals surface area contributed by atoms with Gasteiger partial charge in [0.05, 0.1) is 77.6 Å². The second kappa shape index (κ2) is 33.1. The van der Waals surface area contributed by atoms with E-state index < -0.39 is 16.9 Å². The van der Waals surface area contributed by atoms with Crippen molar-refractivity contribution in [3.8, 4) is 12.1 Å². The van der Waals surface area contributed by atoms with Gasteiger partial charge in [-0.3, -0.25) is 24.0 Å². The van der Waals surface area contributed by atoms with Crippen LogP contribution in [0.15, 0.2) is 208 Å². The summed E-state index contributed by atoms with van der Waals surface area (Å²) in [6, 6.07) is 56.7. The van der Waals surface area contributed by atoms with Gasteiger partial charge in [0.1, 0.15) is 63.3 Å². The minimum Gasteiger partial charge on any atom is -0.449 e. The van der Waals surface area contributed by atoms with Gasteiger partial charge in [-0.25, -0.2) is 19.3 Å². The molecule has 15 aromatic rings. The summed E-state index contributed by atoms with van der Waals surface area (Å²) in [5, 5.41) is 38.6. The summed E-state index contributed by atoms with van der Waals surface area (Å²) in [6.45, 7) is 9.78. The Hall–Kier alpha value is -13.0. The Balaban J connectivity index is 0.000000118. The monoisotopic (exact) mass is 1590 g/mol. The molecule has 9 heterocycles. The highest BCUT2D eigenvalue weighted by Gasteiger charge is 2.49. The lowest BCUT2D eigenvalue weighted by molar-refractivity contribution is -0.0734. The molecule has 8 aromatic heterocycles. The third-order valence-electron chi connectivity index (χ3n) is 20.1. The second-order valence-electron chi connectivity index (χ2n) is 28.3. The van der Waals surface area contributed by atoms with E-state index in [1.807, 2.05) is 98.8 Å². The largest absolute Gasteiger partial charge is 0.449 e. The third kappa shape index (κ3) is 17.5. The molecule has 28 heteroatoms. The lowest BCUT2D eigenvalue weighted by atomic mass is 9.88. The average Bonchev–Trinajstić information content (AvgIpc) is 1.55. The number of carbonyl (C=O) groups is 5. The SMILES string of the molecule is Cc1nc(C2(NC(=O)c3cc4cc(C#N)ccc4[nH]3)CC2)co1.Cc1ncc(C(C)NC(=O)c2cc3cc(C#N)ccc3[nH]2)o1.Cc1ncc(C(C)NC(=O)c2cc3cc(Cl)ccc3[nH]2)o1.O=C(NC1(c2ccccc2)CCCC1)c1cc2cc(Cl)ccc2[nH]1.O=C(NC1(c2ccccc2)COC1)c1cc2cc(Cl)cc(F)c2[nH]1. The maximum absolute atomic E-state index is 13.9. The summed E-state index contributed by atoms with van der Waals surface area (Å²) < 4.78 is 35.3. The number of aromatic nitrogens is 8. The van der Waals surface area contributed by atoms with Crippen molar-refractivity contribution in [3.63, 3.8) is 0 Å². The zero-order chi connectivity index (χ0) is 80.0. The van der Waals surface area contributed by atoms with Crippen LogP contribution in [0.3, 0.4) is 0 Å². The first-order valence-electron chi connectivity index (χ1n) is 36.6. The summed E-state index contributed by atoms with van der Waals surface area (Å²) in [5.74, 6) is 1.47. The predicted molar refractivity (Wildman–Crippen MR) is 430 cm³/mol. The van der Waals surface area contributed by atoms with Gasteiger partial charge in [-0.1, -0.05) is 108 Å². The fourth-order valence-corrected chi connectivity index (χ4v) is 14.4. The molecule has 0 bridgehead atoms. The van der Waals surface area contributed by atoms with Crippen molar-refractivity contribution in [1.82, 2.24) is 66.5 Å². The zero-order valence-electron chi connectivity index (χ0n) is 62.2. The minimum atomic E-state index is -0.550. The molecule has 7 aromatic carbocycles. The minimum absolute atomic E-state index is 0.0620. The molecule has 3 aliphatic rings. The highest BCUT2D eigenvalue weighted by Crippen LogP contribution is 2.45. The average molecular weight is 1590 g/mol. The van der Waals surface area contributed by atoms with Crippen LogP contribution in [0.2, 0.25) is 15.1 Å². The van der Waals surface area contributed by atoms with E-state index in [0.717, 1.165) is 93.4 Å². The molecule has 2 saturated carbocycles. The molecule has 5 amide bonds. The number of hydrogen-bond donors (Lipinski definition) is 10. The fourth-order valence-electron chi connectivity index (χ4n) is 13.8. The van der Waals surface area contributed by atoms with Crippen molar-refractivity contribution in [3.05, 3.63) is 301 Å². The maximum atomic E-state index is 13.9. The van der Waals surface area contributed by atoms with Crippen molar-refractivity contribution in [2.24, 2.45) is 0 Å². The summed E-state index contributed by atoms with van der Waals surface area (Å²) in [4.78, 5) is 90.2. The van der Waals surface area contributed by atoms with Crippen molar-refractivity contribution < 1.29 is 46.4 Å².